The smallest absolute Gasteiger partial charge is 0.340 e. The summed E-state index contributed by atoms with van der Waals surface area (Å²) in [6.45, 7) is 2.97. The van der Waals surface area contributed by atoms with Crippen molar-refractivity contribution >= 4 is 21.9 Å². The molecule has 7 heteroatoms. The Morgan fingerprint density at radius 3 is 2.62 bits per heavy atom. The molecule has 0 aromatic carbocycles. The first-order chi connectivity index (χ1) is 7.49. The van der Waals surface area contributed by atoms with Crippen molar-refractivity contribution in [3.8, 4) is 0 Å². The number of aromatic nitrogens is 2. The quantitative estimate of drug-likeness (QED) is 0.800. The highest BCUT2D eigenvalue weighted by atomic mass is 79.9. The maximum absolute atomic E-state index is 12.4. The number of hydrogen-bond donors (Lipinski definition) is 0. The van der Waals surface area contributed by atoms with Gasteiger partial charge < -0.3 is 4.90 Å². The van der Waals surface area contributed by atoms with Crippen molar-refractivity contribution in [2.75, 3.05) is 23.3 Å². The first kappa shape index (κ1) is 13.2. The van der Waals surface area contributed by atoms with Gasteiger partial charge in [0.05, 0.1) is 0 Å². The standard InChI is InChI=1S/C9H11BrF3N3/c1-2-16(6-4-10)8-14-5-3-7(15-8)9(11,12)13/h3,5H,2,4,6H2,1H3. The summed E-state index contributed by atoms with van der Waals surface area (Å²) >= 11 is 3.23. The van der Waals surface area contributed by atoms with Gasteiger partial charge in [-0.15, -0.1) is 0 Å². The van der Waals surface area contributed by atoms with Crippen LogP contribution in [0.2, 0.25) is 0 Å². The van der Waals surface area contributed by atoms with Gasteiger partial charge in [-0.3, -0.25) is 0 Å². The Bertz CT molecular complexity index is 343. The van der Waals surface area contributed by atoms with Gasteiger partial charge in [-0.1, -0.05) is 15.9 Å². The molecule has 0 fully saturated rings. The summed E-state index contributed by atoms with van der Waals surface area (Å²) in [5, 5.41) is 0.653. The van der Waals surface area contributed by atoms with Gasteiger partial charge in [0.15, 0.2) is 0 Å². The zero-order chi connectivity index (χ0) is 12.2. The second kappa shape index (κ2) is 5.47. The van der Waals surface area contributed by atoms with Crippen molar-refractivity contribution in [3.05, 3.63) is 18.0 Å². The first-order valence-electron chi connectivity index (χ1n) is 4.70. The minimum atomic E-state index is -4.43. The molecule has 0 bridgehead atoms. The Labute approximate surface area is 99.8 Å². The Hall–Kier alpha value is -0.850. The maximum atomic E-state index is 12.4. The number of halogens is 4. The van der Waals surface area contributed by atoms with Gasteiger partial charge in [-0.25, -0.2) is 9.97 Å². The van der Waals surface area contributed by atoms with E-state index in [9.17, 15) is 13.2 Å². The van der Waals surface area contributed by atoms with Crippen LogP contribution >= 0.6 is 15.9 Å². The van der Waals surface area contributed by atoms with Crippen LogP contribution in [0.3, 0.4) is 0 Å². The molecule has 1 aromatic heterocycles. The van der Waals surface area contributed by atoms with Crippen molar-refractivity contribution in [1.82, 2.24) is 9.97 Å². The second-order valence-corrected chi connectivity index (χ2v) is 3.80. The van der Waals surface area contributed by atoms with E-state index >= 15 is 0 Å². The molecule has 0 aliphatic carbocycles. The summed E-state index contributed by atoms with van der Waals surface area (Å²) in [5.41, 5.74) is -0.912. The van der Waals surface area contributed by atoms with Crippen LogP contribution in [0.15, 0.2) is 12.3 Å². The van der Waals surface area contributed by atoms with Gasteiger partial charge in [0.25, 0.3) is 0 Å². The topological polar surface area (TPSA) is 29.0 Å². The minimum Gasteiger partial charge on any atom is -0.340 e. The normalized spacial score (nSPS) is 11.6. The molecule has 0 radical (unpaired) electrons. The predicted octanol–water partition coefficient (Wildman–Crippen LogP) is 2.72. The van der Waals surface area contributed by atoms with E-state index in [0.29, 0.717) is 18.4 Å². The number of hydrogen-bond acceptors (Lipinski definition) is 3. The zero-order valence-electron chi connectivity index (χ0n) is 8.63. The number of nitrogens with zero attached hydrogens (tertiary/aromatic N) is 3. The highest BCUT2D eigenvalue weighted by Gasteiger charge is 2.33. The van der Waals surface area contributed by atoms with E-state index in [1.807, 2.05) is 6.92 Å². The molecule has 1 rings (SSSR count). The average molecular weight is 298 g/mol. The summed E-state index contributed by atoms with van der Waals surface area (Å²) in [5.74, 6) is 0.108. The van der Waals surface area contributed by atoms with Crippen molar-refractivity contribution in [2.45, 2.75) is 13.1 Å². The Morgan fingerprint density at radius 1 is 1.44 bits per heavy atom. The third-order valence-corrected chi connectivity index (χ3v) is 2.31. The minimum absolute atomic E-state index is 0.108. The van der Waals surface area contributed by atoms with Crippen molar-refractivity contribution in [3.63, 3.8) is 0 Å². The fraction of sp³-hybridized carbons (Fsp3) is 0.556. The van der Waals surface area contributed by atoms with Crippen LogP contribution in [0, 0.1) is 0 Å². The molecular weight excluding hydrogens is 287 g/mol. The monoisotopic (exact) mass is 297 g/mol. The molecule has 1 aromatic rings. The van der Waals surface area contributed by atoms with Gasteiger partial charge in [-0.05, 0) is 13.0 Å². The van der Waals surface area contributed by atoms with E-state index in [1.165, 1.54) is 0 Å². The average Bonchev–Trinajstić information content (AvgIpc) is 2.25. The van der Waals surface area contributed by atoms with Crippen LogP contribution in [0.25, 0.3) is 0 Å². The molecule has 0 N–H and O–H groups in total. The lowest BCUT2D eigenvalue weighted by molar-refractivity contribution is -0.141. The van der Waals surface area contributed by atoms with E-state index in [-0.39, 0.29) is 5.95 Å². The van der Waals surface area contributed by atoms with Gasteiger partial charge in [0.2, 0.25) is 5.95 Å². The lowest BCUT2D eigenvalue weighted by atomic mass is 10.4. The largest absolute Gasteiger partial charge is 0.433 e. The van der Waals surface area contributed by atoms with Gasteiger partial charge in [0, 0.05) is 24.6 Å². The van der Waals surface area contributed by atoms with Crippen molar-refractivity contribution < 1.29 is 13.2 Å². The molecule has 0 amide bonds. The number of anilines is 1. The molecule has 0 saturated carbocycles. The van der Waals surface area contributed by atoms with Crippen LogP contribution in [-0.2, 0) is 6.18 Å². The van der Waals surface area contributed by atoms with Crippen LogP contribution in [-0.4, -0.2) is 28.4 Å². The predicted molar refractivity (Wildman–Crippen MR) is 58.7 cm³/mol. The fourth-order valence-electron chi connectivity index (χ4n) is 1.16. The number of alkyl halides is 4. The first-order valence-corrected chi connectivity index (χ1v) is 5.82. The third-order valence-electron chi connectivity index (χ3n) is 1.95. The highest BCUT2D eigenvalue weighted by molar-refractivity contribution is 9.09. The molecule has 0 aliphatic heterocycles. The van der Waals surface area contributed by atoms with Gasteiger partial charge in [0.1, 0.15) is 5.69 Å². The second-order valence-electron chi connectivity index (χ2n) is 3.01. The zero-order valence-corrected chi connectivity index (χ0v) is 10.2. The molecule has 0 spiro atoms. The van der Waals surface area contributed by atoms with E-state index < -0.39 is 11.9 Å². The third kappa shape index (κ3) is 3.33. The summed E-state index contributed by atoms with van der Waals surface area (Å²) in [6, 6.07) is 0.867. The summed E-state index contributed by atoms with van der Waals surface area (Å²) < 4.78 is 37.2. The fourth-order valence-corrected chi connectivity index (χ4v) is 1.59. The lowest BCUT2D eigenvalue weighted by Crippen LogP contribution is -2.27. The molecule has 90 valence electrons. The maximum Gasteiger partial charge on any atom is 0.433 e. The molecule has 0 aliphatic rings. The van der Waals surface area contributed by atoms with Crippen molar-refractivity contribution in [2.24, 2.45) is 0 Å². The number of rotatable bonds is 4. The van der Waals surface area contributed by atoms with Crippen LogP contribution in [0.5, 0.6) is 0 Å². The SMILES string of the molecule is CCN(CCBr)c1nccc(C(F)(F)F)n1. The van der Waals surface area contributed by atoms with Crippen LogP contribution in [0.1, 0.15) is 12.6 Å². The summed E-state index contributed by atoms with van der Waals surface area (Å²) in [6.07, 6.45) is -3.30. The van der Waals surface area contributed by atoms with Gasteiger partial charge in [-0.2, -0.15) is 13.2 Å². The van der Waals surface area contributed by atoms with E-state index in [2.05, 4.69) is 25.9 Å². The molecular formula is C9H11BrF3N3. The lowest BCUT2D eigenvalue weighted by Gasteiger charge is -2.20. The summed E-state index contributed by atoms with van der Waals surface area (Å²) in [4.78, 5) is 9.01. The Balaban J connectivity index is 2.97. The molecule has 1 heterocycles. The summed E-state index contributed by atoms with van der Waals surface area (Å²) in [7, 11) is 0. The van der Waals surface area contributed by atoms with Crippen LogP contribution < -0.4 is 4.90 Å². The van der Waals surface area contributed by atoms with Crippen LogP contribution in [0.4, 0.5) is 19.1 Å². The molecule has 16 heavy (non-hydrogen) atoms. The van der Waals surface area contributed by atoms with Gasteiger partial charge >= 0.3 is 6.18 Å². The van der Waals surface area contributed by atoms with Crippen molar-refractivity contribution in [1.29, 1.82) is 0 Å². The Morgan fingerprint density at radius 2 is 2.12 bits per heavy atom. The van der Waals surface area contributed by atoms with E-state index in [1.54, 1.807) is 4.90 Å². The van der Waals surface area contributed by atoms with E-state index in [0.717, 1.165) is 12.3 Å². The highest BCUT2D eigenvalue weighted by Crippen LogP contribution is 2.28. The Kier molecular flexibility index (Phi) is 4.52. The molecule has 0 unspecified atom stereocenters. The van der Waals surface area contributed by atoms with E-state index in [4.69, 9.17) is 0 Å². The molecule has 3 nitrogen and oxygen atoms in total. The molecule has 0 atom stereocenters. The molecule has 0 saturated heterocycles.